The molecule has 11 heavy (non-hydrogen) atoms. The van der Waals surface area contributed by atoms with Gasteiger partial charge in [0.15, 0.2) is 0 Å². The number of hydrogen-bond donors (Lipinski definition) is 0. The first-order valence-electron chi connectivity index (χ1n) is 4.20. The fourth-order valence-corrected chi connectivity index (χ4v) is 0.963. The molecule has 2 nitrogen and oxygen atoms in total. The minimum absolute atomic E-state index is 0.208. The number of aliphatic imine (C=N–C) groups is 1. The molecule has 2 heteroatoms. The molecule has 0 heterocycles. The largest absolute Gasteiger partial charge is 0.370 e. The first-order chi connectivity index (χ1) is 5.11. The molecule has 0 aliphatic carbocycles. The van der Waals surface area contributed by atoms with Gasteiger partial charge in [-0.15, -0.1) is 0 Å². The van der Waals surface area contributed by atoms with E-state index in [0.29, 0.717) is 0 Å². The third-order valence-electron chi connectivity index (χ3n) is 1.63. The Morgan fingerprint density at radius 2 is 2.00 bits per heavy atom. The van der Waals surface area contributed by atoms with Gasteiger partial charge in [-0.3, -0.25) is 4.99 Å². The van der Waals surface area contributed by atoms with E-state index in [0.717, 1.165) is 12.1 Å². The van der Waals surface area contributed by atoms with E-state index < -0.39 is 0 Å². The molecule has 0 saturated heterocycles. The Labute approximate surface area is 69.7 Å². The van der Waals surface area contributed by atoms with E-state index in [1.807, 2.05) is 27.8 Å². The second kappa shape index (κ2) is 5.30. The normalized spacial score (nSPS) is 15.6. The van der Waals surface area contributed by atoms with E-state index in [4.69, 9.17) is 4.74 Å². The van der Waals surface area contributed by atoms with Crippen LogP contribution < -0.4 is 0 Å². The summed E-state index contributed by atoms with van der Waals surface area (Å²) in [6.45, 7) is 8.22. The molecule has 0 saturated carbocycles. The van der Waals surface area contributed by atoms with Gasteiger partial charge < -0.3 is 4.74 Å². The summed E-state index contributed by atoms with van der Waals surface area (Å²) >= 11 is 0. The maximum Gasteiger partial charge on any atom is 0.0949 e. The van der Waals surface area contributed by atoms with E-state index >= 15 is 0 Å². The summed E-state index contributed by atoms with van der Waals surface area (Å²) in [6, 6.07) is 0. The van der Waals surface area contributed by atoms with Gasteiger partial charge in [-0.25, -0.2) is 0 Å². The van der Waals surface area contributed by atoms with Crippen LogP contribution in [0.2, 0.25) is 0 Å². The fourth-order valence-electron chi connectivity index (χ4n) is 0.963. The van der Waals surface area contributed by atoms with Crippen LogP contribution in [0.25, 0.3) is 0 Å². The summed E-state index contributed by atoms with van der Waals surface area (Å²) in [5.74, 6) is 0. The fraction of sp³-hybridized carbons (Fsp3) is 0.889. The lowest BCUT2D eigenvalue weighted by atomic mass is 10.2. The van der Waals surface area contributed by atoms with Crippen molar-refractivity contribution < 1.29 is 4.74 Å². The molecule has 0 aliphatic rings. The van der Waals surface area contributed by atoms with Gasteiger partial charge >= 0.3 is 0 Å². The highest BCUT2D eigenvalue weighted by Gasteiger charge is 2.10. The number of hydrogen-bond acceptors (Lipinski definition) is 2. The van der Waals surface area contributed by atoms with Crippen LogP contribution in [0.3, 0.4) is 0 Å². The predicted molar refractivity (Wildman–Crippen MR) is 49.3 cm³/mol. The smallest absolute Gasteiger partial charge is 0.0949 e. The summed E-state index contributed by atoms with van der Waals surface area (Å²) in [4.78, 5) is 4.10. The van der Waals surface area contributed by atoms with Crippen molar-refractivity contribution in [3.8, 4) is 0 Å². The van der Waals surface area contributed by atoms with Gasteiger partial charge in [0.05, 0.1) is 12.2 Å². The van der Waals surface area contributed by atoms with Gasteiger partial charge in [-0.1, -0.05) is 6.92 Å². The number of rotatable bonds is 4. The molecule has 1 atom stereocenters. The monoisotopic (exact) mass is 157 g/mol. The van der Waals surface area contributed by atoms with Crippen molar-refractivity contribution in [2.24, 2.45) is 4.99 Å². The zero-order valence-corrected chi connectivity index (χ0v) is 8.22. The molecule has 1 unspecified atom stereocenters. The van der Waals surface area contributed by atoms with Crippen LogP contribution in [0.5, 0.6) is 0 Å². The van der Waals surface area contributed by atoms with Crippen LogP contribution in [-0.2, 0) is 4.74 Å². The minimum Gasteiger partial charge on any atom is -0.370 e. The lowest BCUT2D eigenvalue weighted by molar-refractivity contribution is 0.0444. The topological polar surface area (TPSA) is 21.6 Å². The van der Waals surface area contributed by atoms with Crippen molar-refractivity contribution in [1.29, 1.82) is 0 Å². The Morgan fingerprint density at radius 1 is 1.45 bits per heavy atom. The lowest BCUT2D eigenvalue weighted by Gasteiger charge is -2.18. The molecule has 0 aromatic rings. The summed E-state index contributed by atoms with van der Waals surface area (Å²) < 4.78 is 5.62. The Hall–Kier alpha value is -0.370. The molecule has 0 radical (unpaired) electrons. The van der Waals surface area contributed by atoms with Gasteiger partial charge in [-0.2, -0.15) is 0 Å². The van der Waals surface area contributed by atoms with Crippen molar-refractivity contribution >= 4 is 5.71 Å². The van der Waals surface area contributed by atoms with Gasteiger partial charge in [0.1, 0.15) is 0 Å². The van der Waals surface area contributed by atoms with Crippen molar-refractivity contribution in [2.45, 2.75) is 46.3 Å². The Bertz CT molecular complexity index is 130. The highest BCUT2D eigenvalue weighted by molar-refractivity contribution is 5.86. The van der Waals surface area contributed by atoms with Crippen molar-refractivity contribution in [1.82, 2.24) is 0 Å². The molecule has 0 aliphatic heterocycles. The summed E-state index contributed by atoms with van der Waals surface area (Å²) in [5.41, 5.74) is 1.08. The summed E-state index contributed by atoms with van der Waals surface area (Å²) in [7, 11) is 1.81. The van der Waals surface area contributed by atoms with Crippen LogP contribution in [0, 0.1) is 0 Å². The highest BCUT2D eigenvalue weighted by atomic mass is 16.5. The molecule has 0 amide bonds. The van der Waals surface area contributed by atoms with E-state index in [1.54, 1.807) is 0 Å². The Morgan fingerprint density at radius 3 is 2.27 bits per heavy atom. The van der Waals surface area contributed by atoms with Gasteiger partial charge in [-0.05, 0) is 27.2 Å². The van der Waals surface area contributed by atoms with Crippen molar-refractivity contribution in [2.75, 3.05) is 7.05 Å². The molecule has 0 N–H and O–H groups in total. The van der Waals surface area contributed by atoms with E-state index in [-0.39, 0.29) is 12.2 Å². The first-order valence-corrected chi connectivity index (χ1v) is 4.20. The third kappa shape index (κ3) is 4.14. The molecule has 0 fully saturated rings. The van der Waals surface area contributed by atoms with E-state index in [1.165, 1.54) is 0 Å². The Kier molecular flexibility index (Phi) is 5.12. The molecule has 0 bridgehead atoms. The second-order valence-corrected chi connectivity index (χ2v) is 2.95. The zero-order chi connectivity index (χ0) is 8.85. The SMILES string of the molecule is CCC(OC(C)C)C(C)=NC. The maximum atomic E-state index is 5.62. The zero-order valence-electron chi connectivity index (χ0n) is 8.22. The standard InChI is InChI=1S/C9H19NO/c1-6-9(8(4)10-5)11-7(2)3/h7,9H,6H2,1-5H3. The number of nitrogens with zero attached hydrogens (tertiary/aromatic N) is 1. The summed E-state index contributed by atoms with van der Waals surface area (Å²) in [6.07, 6.45) is 1.50. The minimum atomic E-state index is 0.208. The predicted octanol–water partition coefficient (Wildman–Crippen LogP) is 2.28. The summed E-state index contributed by atoms with van der Waals surface area (Å²) in [5, 5.41) is 0. The van der Waals surface area contributed by atoms with Gasteiger partial charge in [0.25, 0.3) is 0 Å². The molecule has 0 aromatic heterocycles. The lowest BCUT2D eigenvalue weighted by Crippen LogP contribution is -2.24. The van der Waals surface area contributed by atoms with Crippen molar-refractivity contribution in [3.05, 3.63) is 0 Å². The Balaban J connectivity index is 3.95. The molecular formula is C9H19NO. The van der Waals surface area contributed by atoms with E-state index in [2.05, 4.69) is 11.9 Å². The van der Waals surface area contributed by atoms with Crippen LogP contribution in [0.1, 0.15) is 34.1 Å². The van der Waals surface area contributed by atoms with Crippen LogP contribution in [0.4, 0.5) is 0 Å². The van der Waals surface area contributed by atoms with Crippen LogP contribution in [0.15, 0.2) is 4.99 Å². The molecule has 0 spiro atoms. The first kappa shape index (κ1) is 10.6. The highest BCUT2D eigenvalue weighted by Crippen LogP contribution is 2.04. The van der Waals surface area contributed by atoms with E-state index in [9.17, 15) is 0 Å². The van der Waals surface area contributed by atoms with Crippen LogP contribution >= 0.6 is 0 Å². The average Bonchev–Trinajstić information content (AvgIpc) is 1.98. The van der Waals surface area contributed by atoms with Crippen LogP contribution in [-0.4, -0.2) is 25.0 Å². The second-order valence-electron chi connectivity index (χ2n) is 2.95. The maximum absolute atomic E-state index is 5.62. The average molecular weight is 157 g/mol. The number of ether oxygens (including phenoxy) is 1. The third-order valence-corrected chi connectivity index (χ3v) is 1.63. The van der Waals surface area contributed by atoms with Gasteiger partial charge in [0.2, 0.25) is 0 Å². The molecule has 0 rings (SSSR count). The molecule has 66 valence electrons. The van der Waals surface area contributed by atoms with Gasteiger partial charge in [0, 0.05) is 12.8 Å². The molecule has 0 aromatic carbocycles. The quantitative estimate of drug-likeness (QED) is 0.574. The molecular weight excluding hydrogens is 138 g/mol. The van der Waals surface area contributed by atoms with Crippen molar-refractivity contribution in [3.63, 3.8) is 0 Å².